The summed E-state index contributed by atoms with van der Waals surface area (Å²) in [7, 11) is 0. The summed E-state index contributed by atoms with van der Waals surface area (Å²) in [5.74, 6) is -1.08. The summed E-state index contributed by atoms with van der Waals surface area (Å²) >= 11 is 0. The highest BCUT2D eigenvalue weighted by Crippen LogP contribution is 2.43. The smallest absolute Gasteiger partial charge is 0.223 e. The Bertz CT molecular complexity index is 1450. The third-order valence-electron chi connectivity index (χ3n) is 6.79. The van der Waals surface area contributed by atoms with Gasteiger partial charge in [-0.1, -0.05) is 42.5 Å². The monoisotopic (exact) mass is 485 g/mol. The molecule has 1 aliphatic rings. The van der Waals surface area contributed by atoms with Crippen molar-refractivity contribution in [3.05, 3.63) is 88.1 Å². The fourth-order valence-electron chi connectivity index (χ4n) is 4.94. The zero-order chi connectivity index (χ0) is 25.2. The molecule has 1 unspecified atom stereocenters. The number of phenolic OH excluding ortho intramolecular Hbond substituents is 3. The van der Waals surface area contributed by atoms with Crippen LogP contribution in [-0.4, -0.2) is 39.2 Å². The topological polar surface area (TPSA) is 111 Å². The van der Waals surface area contributed by atoms with Gasteiger partial charge in [0.25, 0.3) is 0 Å². The molecule has 1 atom stereocenters. The Labute approximate surface area is 207 Å². The van der Waals surface area contributed by atoms with Gasteiger partial charge in [0.2, 0.25) is 5.91 Å². The fourth-order valence-corrected chi connectivity index (χ4v) is 4.94. The fraction of sp³-hybridized carbons (Fsp3) is 0.241. The molecule has 4 aromatic rings. The van der Waals surface area contributed by atoms with E-state index in [1.165, 1.54) is 18.2 Å². The number of aromatic hydroxyl groups is 3. The lowest BCUT2D eigenvalue weighted by atomic mass is 9.85. The average Bonchev–Trinajstić information content (AvgIpc) is 2.89. The second kappa shape index (κ2) is 9.77. The van der Waals surface area contributed by atoms with Gasteiger partial charge in [-0.2, -0.15) is 0 Å². The first-order valence-electron chi connectivity index (χ1n) is 12.1. The molecular weight excluding hydrogens is 458 g/mol. The summed E-state index contributed by atoms with van der Waals surface area (Å²) in [6.07, 6.45) is 3.00. The van der Waals surface area contributed by atoms with E-state index in [2.05, 4.69) is 0 Å². The predicted octanol–water partition coefficient (Wildman–Crippen LogP) is 5.11. The maximum Gasteiger partial charge on any atom is 0.223 e. The van der Waals surface area contributed by atoms with Crippen molar-refractivity contribution in [1.82, 2.24) is 4.90 Å². The van der Waals surface area contributed by atoms with Crippen LogP contribution >= 0.6 is 0 Å². The van der Waals surface area contributed by atoms with E-state index in [0.717, 1.165) is 25.3 Å². The largest absolute Gasteiger partial charge is 0.508 e. The molecule has 1 aliphatic heterocycles. The van der Waals surface area contributed by atoms with Crippen molar-refractivity contribution >= 4 is 16.9 Å². The van der Waals surface area contributed by atoms with Crippen molar-refractivity contribution in [3.63, 3.8) is 0 Å². The lowest BCUT2D eigenvalue weighted by Gasteiger charge is -2.29. The minimum atomic E-state index is -0.683. The van der Waals surface area contributed by atoms with Crippen LogP contribution in [0.15, 0.2) is 75.9 Å². The van der Waals surface area contributed by atoms with E-state index in [9.17, 15) is 24.9 Å². The van der Waals surface area contributed by atoms with Crippen LogP contribution in [0.4, 0.5) is 0 Å². The number of piperidine rings is 1. The number of rotatable bonds is 5. The third-order valence-corrected chi connectivity index (χ3v) is 6.79. The van der Waals surface area contributed by atoms with Crippen LogP contribution in [-0.2, 0) is 4.79 Å². The van der Waals surface area contributed by atoms with Crippen molar-refractivity contribution in [1.29, 1.82) is 0 Å². The van der Waals surface area contributed by atoms with E-state index in [0.29, 0.717) is 24.2 Å². The van der Waals surface area contributed by atoms with Crippen LogP contribution in [0.2, 0.25) is 0 Å². The molecule has 184 valence electrons. The van der Waals surface area contributed by atoms with Crippen molar-refractivity contribution in [2.75, 3.05) is 13.1 Å². The van der Waals surface area contributed by atoms with Gasteiger partial charge in [-0.25, -0.2) is 0 Å². The third kappa shape index (κ3) is 4.52. The van der Waals surface area contributed by atoms with Gasteiger partial charge in [-0.15, -0.1) is 0 Å². The highest BCUT2D eigenvalue weighted by Gasteiger charge is 2.30. The standard InChI is InChI=1S/C29H27NO6/c31-20-11-9-18(10-12-20)21(15-26(35)30-13-5-2-6-14-30)27-22(32)16-23(33)28-24(34)17-25(36-29(27)28)19-7-3-1-4-8-19/h1,3-4,7-12,16-17,21,31-33H,2,5-6,13-15H2. The van der Waals surface area contributed by atoms with Crippen molar-refractivity contribution in [2.45, 2.75) is 31.6 Å². The van der Waals surface area contributed by atoms with E-state index in [4.69, 9.17) is 4.42 Å². The van der Waals surface area contributed by atoms with Crippen LogP contribution in [0.3, 0.4) is 0 Å². The van der Waals surface area contributed by atoms with Crippen LogP contribution in [0.25, 0.3) is 22.3 Å². The van der Waals surface area contributed by atoms with Crippen molar-refractivity contribution in [3.8, 4) is 28.6 Å². The lowest BCUT2D eigenvalue weighted by Crippen LogP contribution is -2.36. The Morgan fingerprint density at radius 2 is 1.58 bits per heavy atom. The Hall–Kier alpha value is -4.26. The number of likely N-dealkylation sites (tertiary alicyclic amines) is 1. The molecule has 1 amide bonds. The predicted molar refractivity (Wildman–Crippen MR) is 136 cm³/mol. The van der Waals surface area contributed by atoms with Gasteiger partial charge in [0, 0.05) is 48.7 Å². The van der Waals surface area contributed by atoms with Crippen LogP contribution < -0.4 is 5.43 Å². The molecule has 3 N–H and O–H groups in total. The summed E-state index contributed by atoms with van der Waals surface area (Å²) in [5.41, 5.74) is 1.14. The minimum absolute atomic E-state index is 0.0253. The molecule has 0 aliphatic carbocycles. The van der Waals surface area contributed by atoms with E-state index in [-0.39, 0.29) is 46.1 Å². The number of amides is 1. The van der Waals surface area contributed by atoms with Gasteiger partial charge in [-0.3, -0.25) is 9.59 Å². The first kappa shape index (κ1) is 23.5. The maximum atomic E-state index is 13.3. The second-order valence-electron chi connectivity index (χ2n) is 9.16. The normalized spacial score (nSPS) is 14.6. The van der Waals surface area contributed by atoms with Crippen molar-refractivity contribution in [2.24, 2.45) is 0 Å². The number of carbonyl (C=O) groups excluding carboxylic acids is 1. The molecule has 7 nitrogen and oxygen atoms in total. The zero-order valence-corrected chi connectivity index (χ0v) is 19.7. The molecule has 1 saturated heterocycles. The molecule has 0 spiro atoms. The first-order valence-corrected chi connectivity index (χ1v) is 12.1. The number of benzene rings is 3. The van der Waals surface area contributed by atoms with Crippen LogP contribution in [0.1, 0.15) is 42.7 Å². The molecule has 1 fully saturated rings. The second-order valence-corrected chi connectivity index (χ2v) is 9.16. The van der Waals surface area contributed by atoms with E-state index < -0.39 is 17.1 Å². The van der Waals surface area contributed by atoms with E-state index >= 15 is 0 Å². The Morgan fingerprint density at radius 3 is 2.28 bits per heavy atom. The van der Waals surface area contributed by atoms with Gasteiger partial charge in [0.1, 0.15) is 34.0 Å². The number of fused-ring (bicyclic) bond motifs is 1. The molecule has 0 saturated carbocycles. The quantitative estimate of drug-likeness (QED) is 0.362. The maximum absolute atomic E-state index is 13.3. The lowest BCUT2D eigenvalue weighted by molar-refractivity contribution is -0.132. The summed E-state index contributed by atoms with van der Waals surface area (Å²) < 4.78 is 6.18. The highest BCUT2D eigenvalue weighted by molar-refractivity contribution is 5.91. The molecule has 2 heterocycles. The van der Waals surface area contributed by atoms with Gasteiger partial charge in [0.15, 0.2) is 5.43 Å². The number of nitrogens with zero attached hydrogens (tertiary/aromatic N) is 1. The average molecular weight is 486 g/mol. The van der Waals surface area contributed by atoms with E-state index in [1.54, 1.807) is 24.3 Å². The summed E-state index contributed by atoms with van der Waals surface area (Å²) in [4.78, 5) is 28.3. The molecule has 36 heavy (non-hydrogen) atoms. The molecular formula is C29H27NO6. The Kier molecular flexibility index (Phi) is 6.38. The Balaban J connectivity index is 1.71. The molecule has 0 radical (unpaired) electrons. The molecule has 5 rings (SSSR count). The highest BCUT2D eigenvalue weighted by atomic mass is 16.3. The number of hydrogen-bond acceptors (Lipinski definition) is 6. The van der Waals surface area contributed by atoms with Crippen LogP contribution in [0.5, 0.6) is 17.2 Å². The number of carbonyl (C=O) groups is 1. The molecule has 3 aromatic carbocycles. The SMILES string of the molecule is O=C(CC(c1ccc(O)cc1)c1c(O)cc(O)c2c(=O)cc(-c3ccccc3)oc12)N1CCCCC1. The van der Waals surface area contributed by atoms with Gasteiger partial charge >= 0.3 is 0 Å². The van der Waals surface area contributed by atoms with E-state index in [1.807, 2.05) is 23.1 Å². The molecule has 1 aromatic heterocycles. The number of phenols is 3. The summed E-state index contributed by atoms with van der Waals surface area (Å²) in [5, 5.41) is 31.4. The van der Waals surface area contributed by atoms with Crippen molar-refractivity contribution < 1.29 is 24.5 Å². The number of hydrogen-bond donors (Lipinski definition) is 3. The molecule has 0 bridgehead atoms. The summed E-state index contributed by atoms with van der Waals surface area (Å²) in [6, 6.07) is 17.9. The Morgan fingerprint density at radius 1 is 0.889 bits per heavy atom. The first-order chi connectivity index (χ1) is 17.4. The molecule has 7 heteroatoms. The van der Waals surface area contributed by atoms with Gasteiger partial charge in [-0.05, 0) is 37.0 Å². The summed E-state index contributed by atoms with van der Waals surface area (Å²) in [6.45, 7) is 1.35. The minimum Gasteiger partial charge on any atom is -0.508 e. The van der Waals surface area contributed by atoms with Crippen LogP contribution in [0, 0.1) is 0 Å². The van der Waals surface area contributed by atoms with Gasteiger partial charge in [0.05, 0.1) is 0 Å². The van der Waals surface area contributed by atoms with Gasteiger partial charge < -0.3 is 24.6 Å². The zero-order valence-electron chi connectivity index (χ0n) is 19.7.